The number of benzene rings is 1. The van der Waals surface area contributed by atoms with Gasteiger partial charge in [0.2, 0.25) is 0 Å². The lowest BCUT2D eigenvalue weighted by Gasteiger charge is -2.19. The molecule has 1 amide bonds. The predicted octanol–water partition coefficient (Wildman–Crippen LogP) is 3.53. The van der Waals surface area contributed by atoms with Gasteiger partial charge in [-0.1, -0.05) is 13.3 Å². The van der Waals surface area contributed by atoms with E-state index in [0.29, 0.717) is 17.7 Å². The lowest BCUT2D eigenvalue weighted by molar-refractivity contribution is 0.0933. The Hall–Kier alpha value is -3.14. The van der Waals surface area contributed by atoms with Gasteiger partial charge in [0.15, 0.2) is 21.5 Å². The molecule has 0 saturated heterocycles. The first kappa shape index (κ1) is 22.5. The van der Waals surface area contributed by atoms with Gasteiger partial charge in [0.1, 0.15) is 0 Å². The summed E-state index contributed by atoms with van der Waals surface area (Å²) >= 11 is 0. The minimum absolute atomic E-state index is 0.0719. The number of nitrogens with one attached hydrogen (secondary N) is 1. The monoisotopic (exact) mass is 448 g/mol. The van der Waals surface area contributed by atoms with E-state index < -0.39 is 33.4 Å². The topological polar surface area (TPSA) is 93.9 Å². The fraction of sp³-hybridized carbons (Fsp3) is 0.286. The maximum absolute atomic E-state index is 13.6. The first-order valence-electron chi connectivity index (χ1n) is 9.57. The van der Waals surface area contributed by atoms with E-state index >= 15 is 0 Å². The zero-order valence-corrected chi connectivity index (χ0v) is 18.1. The number of sulfone groups is 1. The molecule has 1 unspecified atom stereocenters. The van der Waals surface area contributed by atoms with E-state index in [4.69, 9.17) is 0 Å². The molecule has 164 valence electrons. The number of nitrogens with zero attached hydrogens (tertiary/aromatic N) is 3. The third-order valence-corrected chi connectivity index (χ3v) is 5.93. The Bertz CT molecular complexity index is 1230. The molecule has 0 bridgehead atoms. The van der Waals surface area contributed by atoms with Crippen LogP contribution in [0.3, 0.4) is 0 Å². The molecule has 0 radical (unpaired) electrons. The second-order valence-corrected chi connectivity index (χ2v) is 9.21. The summed E-state index contributed by atoms with van der Waals surface area (Å²) in [6.07, 6.45) is 6.53. The number of pyridine rings is 1. The van der Waals surface area contributed by atoms with Crippen molar-refractivity contribution in [2.24, 2.45) is 0 Å². The largest absolute Gasteiger partial charge is 0.345 e. The smallest absolute Gasteiger partial charge is 0.255 e. The van der Waals surface area contributed by atoms with Crippen LogP contribution in [0.2, 0.25) is 0 Å². The molecule has 0 spiro atoms. The number of rotatable bonds is 7. The molecule has 0 aliphatic carbocycles. The second-order valence-electron chi connectivity index (χ2n) is 7.19. The van der Waals surface area contributed by atoms with Crippen LogP contribution >= 0.6 is 0 Å². The highest BCUT2D eigenvalue weighted by atomic mass is 32.2. The first-order valence-corrected chi connectivity index (χ1v) is 11.5. The number of halogens is 2. The van der Waals surface area contributed by atoms with Crippen molar-refractivity contribution in [3.63, 3.8) is 0 Å². The van der Waals surface area contributed by atoms with Gasteiger partial charge < -0.3 is 5.32 Å². The molecule has 3 aromatic rings. The van der Waals surface area contributed by atoms with Crippen molar-refractivity contribution in [3.8, 4) is 5.69 Å². The molecular formula is C21H22F2N4O3S. The third-order valence-electron chi connectivity index (χ3n) is 4.85. The molecule has 0 fully saturated rings. The summed E-state index contributed by atoms with van der Waals surface area (Å²) < 4.78 is 51.8. The zero-order chi connectivity index (χ0) is 22.8. The Kier molecular flexibility index (Phi) is 6.49. The van der Waals surface area contributed by atoms with E-state index in [1.807, 2.05) is 6.92 Å². The molecule has 10 heteroatoms. The minimum Gasteiger partial charge on any atom is -0.345 e. The van der Waals surface area contributed by atoms with Gasteiger partial charge in [0, 0.05) is 24.7 Å². The molecule has 1 N–H and O–H groups in total. The fourth-order valence-electron chi connectivity index (χ4n) is 3.19. The Balaban J connectivity index is 1.88. The van der Waals surface area contributed by atoms with E-state index in [0.717, 1.165) is 24.8 Å². The van der Waals surface area contributed by atoms with Crippen LogP contribution in [0.5, 0.6) is 0 Å². The maximum Gasteiger partial charge on any atom is 0.255 e. The van der Waals surface area contributed by atoms with E-state index in [-0.39, 0.29) is 16.1 Å². The molecule has 3 rings (SSSR count). The van der Waals surface area contributed by atoms with Crippen molar-refractivity contribution in [2.45, 2.75) is 37.6 Å². The molecule has 31 heavy (non-hydrogen) atoms. The van der Waals surface area contributed by atoms with Crippen molar-refractivity contribution >= 4 is 15.7 Å². The Morgan fingerprint density at radius 3 is 2.55 bits per heavy atom. The highest BCUT2D eigenvalue weighted by molar-refractivity contribution is 7.90. The van der Waals surface area contributed by atoms with Crippen LogP contribution in [0.25, 0.3) is 5.69 Å². The van der Waals surface area contributed by atoms with Gasteiger partial charge in [0.25, 0.3) is 5.91 Å². The Labute approximate surface area is 179 Å². The molecule has 1 atom stereocenters. The van der Waals surface area contributed by atoms with Crippen molar-refractivity contribution in [2.75, 3.05) is 6.26 Å². The van der Waals surface area contributed by atoms with Gasteiger partial charge in [-0.25, -0.2) is 21.9 Å². The number of hydrogen-bond donors (Lipinski definition) is 1. The summed E-state index contributed by atoms with van der Waals surface area (Å²) in [5, 5.41) is 7.02. The molecule has 0 saturated carbocycles. The number of carbonyl (C=O) groups is 1. The summed E-state index contributed by atoms with van der Waals surface area (Å²) in [5.74, 6) is -2.41. The van der Waals surface area contributed by atoms with Gasteiger partial charge >= 0.3 is 0 Å². The molecule has 2 aromatic heterocycles. The summed E-state index contributed by atoms with van der Waals surface area (Å²) in [6.45, 7) is 3.59. The maximum atomic E-state index is 13.6. The number of hydrogen-bond acceptors (Lipinski definition) is 5. The molecular weight excluding hydrogens is 426 g/mol. The fourth-order valence-corrected chi connectivity index (χ4v) is 3.79. The van der Waals surface area contributed by atoms with Crippen LogP contribution in [-0.2, 0) is 9.84 Å². The summed E-state index contributed by atoms with van der Waals surface area (Å²) in [7, 11) is -3.44. The average Bonchev–Trinajstić information content (AvgIpc) is 3.10. The van der Waals surface area contributed by atoms with Gasteiger partial charge in [-0.2, -0.15) is 5.10 Å². The van der Waals surface area contributed by atoms with E-state index in [9.17, 15) is 22.0 Å². The SMILES string of the molecule is CCCC(NC(=O)c1cnn(-c2ccc(F)c(F)c2)c1C)c1cncc(S(C)(=O)=O)c1. The minimum atomic E-state index is -3.44. The molecule has 0 aliphatic heterocycles. The number of carbonyl (C=O) groups excluding carboxylic acids is 1. The van der Waals surface area contributed by atoms with E-state index in [1.54, 1.807) is 6.92 Å². The highest BCUT2D eigenvalue weighted by Gasteiger charge is 2.21. The average molecular weight is 448 g/mol. The predicted molar refractivity (Wildman–Crippen MR) is 111 cm³/mol. The van der Waals surface area contributed by atoms with Gasteiger partial charge in [-0.3, -0.25) is 9.78 Å². The highest BCUT2D eigenvalue weighted by Crippen LogP contribution is 2.22. The Morgan fingerprint density at radius 1 is 1.16 bits per heavy atom. The Morgan fingerprint density at radius 2 is 1.90 bits per heavy atom. The van der Waals surface area contributed by atoms with Crippen LogP contribution in [0, 0.1) is 18.6 Å². The first-order chi connectivity index (χ1) is 14.6. The third kappa shape index (κ3) is 4.96. The van der Waals surface area contributed by atoms with Gasteiger partial charge in [-0.05, 0) is 37.1 Å². The van der Waals surface area contributed by atoms with Crippen LogP contribution < -0.4 is 5.32 Å². The summed E-state index contributed by atoms with van der Waals surface area (Å²) in [4.78, 5) is 17.0. The lowest BCUT2D eigenvalue weighted by Crippen LogP contribution is -2.29. The van der Waals surface area contributed by atoms with Gasteiger partial charge in [0.05, 0.1) is 34.1 Å². The van der Waals surface area contributed by atoms with E-state index in [2.05, 4.69) is 15.4 Å². The van der Waals surface area contributed by atoms with Crippen molar-refractivity contribution < 1.29 is 22.0 Å². The second kappa shape index (κ2) is 8.93. The van der Waals surface area contributed by atoms with Crippen LogP contribution in [0.15, 0.2) is 47.8 Å². The molecule has 2 heterocycles. The van der Waals surface area contributed by atoms with E-state index in [1.165, 1.54) is 35.4 Å². The number of aromatic nitrogens is 3. The van der Waals surface area contributed by atoms with Crippen molar-refractivity contribution in [3.05, 3.63) is 71.3 Å². The van der Waals surface area contributed by atoms with Crippen LogP contribution in [-0.4, -0.2) is 35.3 Å². The summed E-state index contributed by atoms with van der Waals surface area (Å²) in [5.41, 5.74) is 1.56. The molecule has 0 aliphatic rings. The van der Waals surface area contributed by atoms with Gasteiger partial charge in [-0.15, -0.1) is 0 Å². The zero-order valence-electron chi connectivity index (χ0n) is 17.3. The normalized spacial score (nSPS) is 12.5. The lowest BCUT2D eigenvalue weighted by atomic mass is 10.0. The summed E-state index contributed by atoms with van der Waals surface area (Å²) in [6, 6.07) is 4.39. The van der Waals surface area contributed by atoms with Crippen LogP contribution in [0.1, 0.15) is 47.4 Å². The molecule has 1 aromatic carbocycles. The van der Waals surface area contributed by atoms with Crippen molar-refractivity contribution in [1.29, 1.82) is 0 Å². The van der Waals surface area contributed by atoms with Crippen molar-refractivity contribution in [1.82, 2.24) is 20.1 Å². The standard InChI is InChI=1S/C21H22F2N4O3S/c1-4-5-20(14-8-16(11-24-10-14)31(3,29)30)26-21(28)17-12-25-27(13(17)2)15-6-7-18(22)19(23)9-15/h6-12,20H,4-5H2,1-3H3,(H,26,28). The molecule has 7 nitrogen and oxygen atoms in total. The number of amides is 1. The van der Waals surface area contributed by atoms with Crippen LogP contribution in [0.4, 0.5) is 8.78 Å². The quantitative estimate of drug-likeness (QED) is 0.597.